The number of hydrogen-bond acceptors (Lipinski definition) is 6. The minimum Gasteiger partial charge on any atom is -0.376 e. The fourth-order valence-corrected chi connectivity index (χ4v) is 5.72. The molecule has 1 unspecified atom stereocenters. The van der Waals surface area contributed by atoms with Gasteiger partial charge in [0.15, 0.2) is 5.13 Å². The summed E-state index contributed by atoms with van der Waals surface area (Å²) in [5, 5.41) is 0.735. The maximum absolute atomic E-state index is 13.5. The number of carbonyl (C=O) groups excluding carboxylic acids is 1. The first-order valence-corrected chi connectivity index (χ1v) is 11.4. The van der Waals surface area contributed by atoms with Crippen LogP contribution in [-0.2, 0) is 4.74 Å². The van der Waals surface area contributed by atoms with E-state index in [1.54, 1.807) is 27.6 Å². The highest BCUT2D eigenvalue weighted by Crippen LogP contribution is 2.33. The lowest BCUT2D eigenvalue weighted by Gasteiger charge is -2.23. The maximum atomic E-state index is 13.5. The molecular weight excluding hydrogens is 402 g/mol. The van der Waals surface area contributed by atoms with Crippen LogP contribution < -0.4 is 4.90 Å². The molecule has 1 saturated heterocycles. The van der Waals surface area contributed by atoms with E-state index in [9.17, 15) is 4.79 Å². The average molecular weight is 424 g/mol. The first-order chi connectivity index (χ1) is 14.1. The normalized spacial score (nSPS) is 16.7. The van der Waals surface area contributed by atoms with E-state index in [0.29, 0.717) is 12.1 Å². The van der Waals surface area contributed by atoms with Crippen LogP contribution in [0.2, 0.25) is 0 Å². The van der Waals surface area contributed by atoms with Crippen LogP contribution in [0.15, 0.2) is 35.8 Å². The zero-order valence-electron chi connectivity index (χ0n) is 16.3. The van der Waals surface area contributed by atoms with Crippen molar-refractivity contribution in [2.75, 3.05) is 18.1 Å². The standard InChI is InChI=1S/C22H21N3O2S2/c1-13-8-14(2)20-19(9-13)29-22(24-20)25(11-16-4-3-7-27-16)21(26)15-5-6-17-18(10-15)28-12-23-17/h5-6,8-10,12,16H,3-4,7,11H2,1-2H3. The van der Waals surface area contributed by atoms with Gasteiger partial charge in [0.25, 0.3) is 5.91 Å². The van der Waals surface area contributed by atoms with Crippen LogP contribution in [0.1, 0.15) is 34.3 Å². The number of aromatic nitrogens is 2. The van der Waals surface area contributed by atoms with Crippen LogP contribution in [0.5, 0.6) is 0 Å². The summed E-state index contributed by atoms with van der Waals surface area (Å²) in [6.45, 7) is 5.45. The first-order valence-electron chi connectivity index (χ1n) is 9.73. The predicted octanol–water partition coefficient (Wildman–Crippen LogP) is 5.35. The molecule has 0 N–H and O–H groups in total. The number of amides is 1. The second-order valence-corrected chi connectivity index (χ2v) is 9.41. The second-order valence-electron chi connectivity index (χ2n) is 7.51. The molecule has 29 heavy (non-hydrogen) atoms. The molecule has 1 atom stereocenters. The van der Waals surface area contributed by atoms with Crippen molar-refractivity contribution in [2.45, 2.75) is 32.8 Å². The van der Waals surface area contributed by atoms with E-state index < -0.39 is 0 Å². The molecule has 0 radical (unpaired) electrons. The van der Waals surface area contributed by atoms with E-state index in [4.69, 9.17) is 9.72 Å². The predicted molar refractivity (Wildman–Crippen MR) is 119 cm³/mol. The van der Waals surface area contributed by atoms with E-state index in [-0.39, 0.29) is 12.0 Å². The van der Waals surface area contributed by atoms with Gasteiger partial charge in [0, 0.05) is 12.2 Å². The number of thiazole rings is 2. The smallest absolute Gasteiger partial charge is 0.260 e. The molecule has 0 aliphatic carbocycles. The van der Waals surface area contributed by atoms with Crippen molar-refractivity contribution in [2.24, 2.45) is 0 Å². The molecule has 5 rings (SSSR count). The fourth-order valence-electron chi connectivity index (χ4n) is 3.86. The minimum atomic E-state index is -0.0377. The van der Waals surface area contributed by atoms with Crippen molar-refractivity contribution in [3.05, 3.63) is 52.5 Å². The Balaban J connectivity index is 1.56. The monoisotopic (exact) mass is 423 g/mol. The van der Waals surface area contributed by atoms with Crippen LogP contribution in [-0.4, -0.2) is 35.1 Å². The maximum Gasteiger partial charge on any atom is 0.260 e. The molecule has 4 aromatic rings. The highest BCUT2D eigenvalue weighted by molar-refractivity contribution is 7.22. The Morgan fingerprint density at radius 1 is 1.24 bits per heavy atom. The molecule has 0 saturated carbocycles. The third kappa shape index (κ3) is 3.54. The lowest BCUT2D eigenvalue weighted by atomic mass is 10.1. The fraction of sp³-hybridized carbons (Fsp3) is 0.318. The second kappa shape index (κ2) is 7.48. The number of aryl methyl sites for hydroxylation is 2. The number of benzene rings is 2. The average Bonchev–Trinajstić information content (AvgIpc) is 3.44. The number of fused-ring (bicyclic) bond motifs is 2. The summed E-state index contributed by atoms with van der Waals surface area (Å²) in [5.41, 5.74) is 6.70. The van der Waals surface area contributed by atoms with Crippen molar-refractivity contribution >= 4 is 54.1 Å². The molecule has 7 heteroatoms. The molecular formula is C22H21N3O2S2. The van der Waals surface area contributed by atoms with Crippen LogP contribution in [0.3, 0.4) is 0 Å². The molecule has 2 aromatic heterocycles. The number of hydrogen-bond donors (Lipinski definition) is 0. The first kappa shape index (κ1) is 18.7. The van der Waals surface area contributed by atoms with Gasteiger partial charge in [0.2, 0.25) is 0 Å². The van der Waals surface area contributed by atoms with Crippen molar-refractivity contribution < 1.29 is 9.53 Å². The Kier molecular flexibility index (Phi) is 4.81. The quantitative estimate of drug-likeness (QED) is 0.444. The lowest BCUT2D eigenvalue weighted by Crippen LogP contribution is -2.37. The van der Waals surface area contributed by atoms with Crippen molar-refractivity contribution in [3.63, 3.8) is 0 Å². The van der Waals surface area contributed by atoms with Gasteiger partial charge in [-0.3, -0.25) is 9.69 Å². The topological polar surface area (TPSA) is 55.3 Å². The molecule has 148 valence electrons. The SMILES string of the molecule is Cc1cc(C)c2nc(N(CC3CCCO3)C(=O)c3ccc4ncsc4c3)sc2c1. The summed E-state index contributed by atoms with van der Waals surface area (Å²) in [5.74, 6) is -0.0377. The van der Waals surface area contributed by atoms with Gasteiger partial charge in [0.05, 0.1) is 38.6 Å². The van der Waals surface area contributed by atoms with Crippen LogP contribution >= 0.6 is 22.7 Å². The zero-order chi connectivity index (χ0) is 20.0. The Morgan fingerprint density at radius 3 is 2.97 bits per heavy atom. The third-order valence-corrected chi connectivity index (χ3v) is 7.10. The van der Waals surface area contributed by atoms with E-state index in [1.165, 1.54) is 5.56 Å². The van der Waals surface area contributed by atoms with Crippen molar-refractivity contribution in [3.8, 4) is 0 Å². The molecule has 1 fully saturated rings. The Bertz CT molecular complexity index is 1210. The van der Waals surface area contributed by atoms with Crippen molar-refractivity contribution in [1.82, 2.24) is 9.97 Å². The Morgan fingerprint density at radius 2 is 2.14 bits per heavy atom. The van der Waals surface area contributed by atoms with E-state index >= 15 is 0 Å². The molecule has 0 bridgehead atoms. The molecule has 5 nitrogen and oxygen atoms in total. The molecule has 1 amide bonds. The number of nitrogens with zero attached hydrogens (tertiary/aromatic N) is 3. The van der Waals surface area contributed by atoms with Crippen LogP contribution in [0, 0.1) is 13.8 Å². The molecule has 1 aliphatic rings. The van der Waals surface area contributed by atoms with Gasteiger partial charge in [-0.25, -0.2) is 9.97 Å². The van der Waals surface area contributed by atoms with Gasteiger partial charge in [-0.2, -0.15) is 0 Å². The van der Waals surface area contributed by atoms with Gasteiger partial charge < -0.3 is 4.74 Å². The van der Waals surface area contributed by atoms with Gasteiger partial charge >= 0.3 is 0 Å². The minimum absolute atomic E-state index is 0.0377. The summed E-state index contributed by atoms with van der Waals surface area (Å²) in [7, 11) is 0. The third-order valence-electron chi connectivity index (χ3n) is 5.28. The summed E-state index contributed by atoms with van der Waals surface area (Å²) in [4.78, 5) is 24.5. The molecule has 1 aliphatic heterocycles. The molecule has 2 aromatic carbocycles. The van der Waals surface area contributed by atoms with Crippen molar-refractivity contribution in [1.29, 1.82) is 0 Å². The largest absolute Gasteiger partial charge is 0.376 e. The zero-order valence-corrected chi connectivity index (χ0v) is 18.0. The van der Waals surface area contributed by atoms with Crippen LogP contribution in [0.4, 0.5) is 5.13 Å². The number of rotatable bonds is 4. The van der Waals surface area contributed by atoms with E-state index in [1.807, 2.05) is 23.7 Å². The number of ether oxygens (including phenoxy) is 1. The number of anilines is 1. The highest BCUT2D eigenvalue weighted by atomic mass is 32.1. The Labute approximate surface area is 177 Å². The Hall–Kier alpha value is -2.35. The van der Waals surface area contributed by atoms with Crippen LogP contribution in [0.25, 0.3) is 20.4 Å². The van der Waals surface area contributed by atoms with E-state index in [2.05, 4.69) is 31.0 Å². The number of carbonyl (C=O) groups is 1. The summed E-state index contributed by atoms with van der Waals surface area (Å²) < 4.78 is 7.97. The highest BCUT2D eigenvalue weighted by Gasteiger charge is 2.27. The van der Waals surface area contributed by atoms with Gasteiger partial charge in [-0.1, -0.05) is 17.4 Å². The summed E-state index contributed by atoms with van der Waals surface area (Å²) >= 11 is 3.12. The molecule has 0 spiro atoms. The van der Waals surface area contributed by atoms with Gasteiger partial charge in [-0.05, 0) is 62.1 Å². The summed E-state index contributed by atoms with van der Waals surface area (Å²) in [6, 6.07) is 9.97. The molecule has 3 heterocycles. The lowest BCUT2D eigenvalue weighted by molar-refractivity contribution is 0.0917. The van der Waals surface area contributed by atoms with Gasteiger partial charge in [-0.15, -0.1) is 11.3 Å². The van der Waals surface area contributed by atoms with E-state index in [0.717, 1.165) is 50.6 Å². The summed E-state index contributed by atoms with van der Waals surface area (Å²) in [6.07, 6.45) is 2.07. The van der Waals surface area contributed by atoms with Gasteiger partial charge in [0.1, 0.15) is 0 Å².